The van der Waals surface area contributed by atoms with E-state index in [2.05, 4.69) is 10.5 Å². The zero-order chi connectivity index (χ0) is 17.3. The van der Waals surface area contributed by atoms with E-state index in [4.69, 9.17) is 9.26 Å². The fourth-order valence-corrected chi connectivity index (χ4v) is 2.44. The molecule has 7 heteroatoms. The van der Waals surface area contributed by atoms with Crippen molar-refractivity contribution in [3.8, 4) is 17.1 Å². The van der Waals surface area contributed by atoms with Gasteiger partial charge in [-0.2, -0.15) is 0 Å². The number of anilines is 1. The lowest BCUT2D eigenvalue weighted by atomic mass is 10.1. The van der Waals surface area contributed by atoms with E-state index in [-0.39, 0.29) is 11.7 Å². The highest BCUT2D eigenvalue weighted by Crippen LogP contribution is 2.34. The van der Waals surface area contributed by atoms with Crippen molar-refractivity contribution in [3.63, 3.8) is 0 Å². The van der Waals surface area contributed by atoms with E-state index < -0.39 is 5.82 Å². The normalized spacial score (nSPS) is 13.7. The van der Waals surface area contributed by atoms with Gasteiger partial charge in [0.1, 0.15) is 5.56 Å². The first kappa shape index (κ1) is 16.3. The Labute approximate surface area is 139 Å². The largest absolute Gasteiger partial charge is 0.494 e. The molecule has 1 saturated carbocycles. The van der Waals surface area contributed by atoms with Crippen molar-refractivity contribution in [2.45, 2.75) is 12.8 Å². The van der Waals surface area contributed by atoms with E-state index in [1.807, 2.05) is 0 Å². The maximum Gasteiger partial charge on any atom is 0.259 e. The van der Waals surface area contributed by atoms with Crippen LogP contribution in [0.2, 0.25) is 0 Å². The van der Waals surface area contributed by atoms with Crippen LogP contribution in [0.15, 0.2) is 22.7 Å². The molecule has 0 atom stereocenters. The van der Waals surface area contributed by atoms with Crippen molar-refractivity contribution < 1.29 is 18.4 Å². The van der Waals surface area contributed by atoms with Crippen molar-refractivity contribution in [2.75, 3.05) is 32.6 Å². The Hall–Kier alpha value is -2.57. The number of benzene rings is 1. The van der Waals surface area contributed by atoms with Crippen LogP contribution in [-0.4, -0.2) is 38.8 Å². The lowest BCUT2D eigenvalue weighted by Crippen LogP contribution is -2.27. The maximum atomic E-state index is 13.6. The minimum absolute atomic E-state index is 0.0830. The van der Waals surface area contributed by atoms with Crippen LogP contribution < -0.4 is 15.0 Å². The zero-order valence-corrected chi connectivity index (χ0v) is 13.9. The van der Waals surface area contributed by atoms with Crippen molar-refractivity contribution in [1.82, 2.24) is 10.5 Å². The van der Waals surface area contributed by atoms with Gasteiger partial charge in [0.2, 0.25) is 0 Å². The number of nitrogens with one attached hydrogen (secondary N) is 1. The smallest absolute Gasteiger partial charge is 0.259 e. The summed E-state index contributed by atoms with van der Waals surface area (Å²) in [4.78, 5) is 14.3. The Morgan fingerprint density at radius 2 is 2.21 bits per heavy atom. The molecule has 0 radical (unpaired) electrons. The summed E-state index contributed by atoms with van der Waals surface area (Å²) < 4.78 is 24.0. The third kappa shape index (κ3) is 3.20. The number of hydrogen-bond donors (Lipinski definition) is 1. The van der Waals surface area contributed by atoms with Gasteiger partial charge >= 0.3 is 0 Å². The summed E-state index contributed by atoms with van der Waals surface area (Å²) in [7, 11) is 4.95. The molecular formula is C17H20FN3O3. The molecule has 0 saturated heterocycles. The minimum Gasteiger partial charge on any atom is -0.494 e. The summed E-state index contributed by atoms with van der Waals surface area (Å²) in [6.07, 6.45) is 2.29. The number of ether oxygens (including phenoxy) is 1. The highest BCUT2D eigenvalue weighted by Gasteiger charge is 2.28. The topological polar surface area (TPSA) is 67.6 Å². The quantitative estimate of drug-likeness (QED) is 0.880. The standard InChI is InChI=1S/C17H20FN3O3/c1-21(2)16-14(17(22)19-9-10-4-5-10)15(24-20-16)11-6-7-12(18)13(8-11)23-3/h6-8,10H,4-5,9H2,1-3H3,(H,19,22). The molecule has 1 N–H and O–H groups in total. The monoisotopic (exact) mass is 333 g/mol. The van der Waals surface area contributed by atoms with Crippen LogP contribution in [0.3, 0.4) is 0 Å². The summed E-state index contributed by atoms with van der Waals surface area (Å²) in [5.74, 6) is 0.649. The molecule has 1 amide bonds. The van der Waals surface area contributed by atoms with E-state index >= 15 is 0 Å². The number of aromatic nitrogens is 1. The second-order valence-corrected chi connectivity index (χ2v) is 6.11. The average molecular weight is 333 g/mol. The third-order valence-corrected chi connectivity index (χ3v) is 3.99. The van der Waals surface area contributed by atoms with Crippen LogP contribution in [-0.2, 0) is 0 Å². The van der Waals surface area contributed by atoms with Gasteiger partial charge in [0, 0.05) is 26.2 Å². The summed E-state index contributed by atoms with van der Waals surface area (Å²) in [5, 5.41) is 6.91. The minimum atomic E-state index is -0.478. The number of methoxy groups -OCH3 is 1. The van der Waals surface area contributed by atoms with E-state index in [1.54, 1.807) is 19.0 Å². The predicted molar refractivity (Wildman–Crippen MR) is 87.8 cm³/mol. The molecule has 6 nitrogen and oxygen atoms in total. The molecule has 128 valence electrons. The average Bonchev–Trinajstić information content (AvgIpc) is 3.28. The molecule has 1 fully saturated rings. The first-order chi connectivity index (χ1) is 11.5. The molecule has 24 heavy (non-hydrogen) atoms. The van der Waals surface area contributed by atoms with Gasteiger partial charge in [-0.3, -0.25) is 4.79 Å². The van der Waals surface area contributed by atoms with Gasteiger partial charge in [-0.05, 0) is 37.0 Å². The number of carbonyl (C=O) groups is 1. The summed E-state index contributed by atoms with van der Waals surface area (Å²) in [5.41, 5.74) is 0.875. The fourth-order valence-electron chi connectivity index (χ4n) is 2.44. The highest BCUT2D eigenvalue weighted by atomic mass is 19.1. The van der Waals surface area contributed by atoms with Gasteiger partial charge in [0.15, 0.2) is 23.1 Å². The van der Waals surface area contributed by atoms with Crippen molar-refractivity contribution in [1.29, 1.82) is 0 Å². The molecule has 1 aromatic heterocycles. The van der Waals surface area contributed by atoms with Gasteiger partial charge in [-0.15, -0.1) is 0 Å². The van der Waals surface area contributed by atoms with Crippen LogP contribution in [0.1, 0.15) is 23.2 Å². The van der Waals surface area contributed by atoms with Gasteiger partial charge in [-0.25, -0.2) is 4.39 Å². The maximum absolute atomic E-state index is 13.6. The lowest BCUT2D eigenvalue weighted by Gasteiger charge is -2.11. The molecule has 0 bridgehead atoms. The van der Waals surface area contributed by atoms with E-state index in [0.29, 0.717) is 35.2 Å². The molecule has 1 aliphatic carbocycles. The Bertz CT molecular complexity index is 754. The summed E-state index contributed by atoms with van der Waals surface area (Å²) >= 11 is 0. The van der Waals surface area contributed by atoms with Gasteiger partial charge < -0.3 is 19.5 Å². The Balaban J connectivity index is 1.99. The predicted octanol–water partition coefficient (Wildman–Crippen LogP) is 2.70. The highest BCUT2D eigenvalue weighted by molar-refractivity contribution is 6.04. The second kappa shape index (κ2) is 6.51. The Morgan fingerprint density at radius 3 is 2.83 bits per heavy atom. The Morgan fingerprint density at radius 1 is 1.46 bits per heavy atom. The second-order valence-electron chi connectivity index (χ2n) is 6.11. The first-order valence-corrected chi connectivity index (χ1v) is 7.80. The summed E-state index contributed by atoms with van der Waals surface area (Å²) in [6.45, 7) is 0.642. The number of hydrogen-bond acceptors (Lipinski definition) is 5. The number of nitrogens with zero attached hydrogens (tertiary/aromatic N) is 2. The zero-order valence-electron chi connectivity index (χ0n) is 13.9. The van der Waals surface area contributed by atoms with Gasteiger partial charge in [-0.1, -0.05) is 5.16 Å². The molecule has 1 aliphatic rings. The van der Waals surface area contributed by atoms with Crippen LogP contribution >= 0.6 is 0 Å². The Kier molecular flexibility index (Phi) is 4.42. The molecule has 0 aliphatic heterocycles. The SMILES string of the molecule is COc1cc(-c2onc(N(C)C)c2C(=O)NCC2CC2)ccc1F. The van der Waals surface area contributed by atoms with E-state index in [0.717, 1.165) is 12.8 Å². The van der Waals surface area contributed by atoms with Crippen LogP contribution in [0.4, 0.5) is 10.2 Å². The van der Waals surface area contributed by atoms with Crippen LogP contribution in [0.25, 0.3) is 11.3 Å². The number of amides is 1. The summed E-state index contributed by atoms with van der Waals surface area (Å²) in [6, 6.07) is 4.31. The van der Waals surface area contributed by atoms with Crippen molar-refractivity contribution >= 4 is 11.7 Å². The number of carbonyl (C=O) groups excluding carboxylic acids is 1. The molecule has 1 heterocycles. The molecule has 2 aromatic rings. The fraction of sp³-hybridized carbons (Fsp3) is 0.412. The van der Waals surface area contributed by atoms with E-state index in [9.17, 15) is 9.18 Å². The van der Waals surface area contributed by atoms with Crippen LogP contribution in [0, 0.1) is 11.7 Å². The molecule has 0 spiro atoms. The number of halogens is 1. The first-order valence-electron chi connectivity index (χ1n) is 7.80. The van der Waals surface area contributed by atoms with Gasteiger partial charge in [0.25, 0.3) is 5.91 Å². The molecule has 3 rings (SSSR count). The van der Waals surface area contributed by atoms with E-state index in [1.165, 1.54) is 25.3 Å². The van der Waals surface area contributed by atoms with Crippen molar-refractivity contribution in [3.05, 3.63) is 29.6 Å². The molecule has 0 unspecified atom stereocenters. The van der Waals surface area contributed by atoms with Gasteiger partial charge in [0.05, 0.1) is 7.11 Å². The molecule has 1 aromatic carbocycles. The van der Waals surface area contributed by atoms with Crippen molar-refractivity contribution in [2.24, 2.45) is 5.92 Å². The molecular weight excluding hydrogens is 313 g/mol. The number of rotatable bonds is 6. The third-order valence-electron chi connectivity index (χ3n) is 3.99. The lowest BCUT2D eigenvalue weighted by molar-refractivity contribution is 0.0952. The van der Waals surface area contributed by atoms with Crippen LogP contribution in [0.5, 0.6) is 5.75 Å².